The zero-order valence-electron chi connectivity index (χ0n) is 6.77. The van der Waals surface area contributed by atoms with Crippen LogP contribution >= 0.6 is 0 Å². The van der Waals surface area contributed by atoms with E-state index in [1.807, 2.05) is 0 Å². The first-order valence-electron chi connectivity index (χ1n) is 4.08. The van der Waals surface area contributed by atoms with Crippen LogP contribution in [0.25, 0.3) is 0 Å². The Morgan fingerprint density at radius 3 is 2.73 bits per heavy atom. The van der Waals surface area contributed by atoms with Gasteiger partial charge in [0.05, 0.1) is 0 Å². The Bertz CT molecular complexity index is 155. The minimum atomic E-state index is 0.217. The summed E-state index contributed by atoms with van der Waals surface area (Å²) in [5.41, 5.74) is 0.217. The van der Waals surface area contributed by atoms with Gasteiger partial charge < -0.3 is 10.4 Å². The van der Waals surface area contributed by atoms with Gasteiger partial charge >= 0.3 is 0 Å². The van der Waals surface area contributed by atoms with Gasteiger partial charge in [-0.2, -0.15) is 0 Å². The van der Waals surface area contributed by atoms with Gasteiger partial charge in [-0.1, -0.05) is 0 Å². The summed E-state index contributed by atoms with van der Waals surface area (Å²) in [5.74, 6) is 2.57. The number of aliphatic hydroxyl groups excluding tert-OH is 1. The van der Waals surface area contributed by atoms with Gasteiger partial charge in [0.2, 0.25) is 0 Å². The van der Waals surface area contributed by atoms with E-state index >= 15 is 0 Å². The Morgan fingerprint density at radius 1 is 1.55 bits per heavy atom. The van der Waals surface area contributed by atoms with Crippen LogP contribution in [0.15, 0.2) is 0 Å². The Balaban J connectivity index is 2.00. The second kappa shape index (κ2) is 3.75. The molecule has 1 aliphatic carbocycles. The molecule has 62 valence electrons. The Kier molecular flexibility index (Phi) is 2.92. The minimum Gasteiger partial charge on any atom is -0.396 e. The number of aliphatic hydroxyl groups is 1. The molecular weight excluding hydrogens is 138 g/mol. The van der Waals surface area contributed by atoms with Crippen molar-refractivity contribution in [1.29, 1.82) is 0 Å². The smallest absolute Gasteiger partial charge is 0.0499 e. The zero-order chi connectivity index (χ0) is 8.16. The van der Waals surface area contributed by atoms with Gasteiger partial charge in [0, 0.05) is 31.5 Å². The van der Waals surface area contributed by atoms with E-state index in [-0.39, 0.29) is 5.41 Å². The van der Waals surface area contributed by atoms with Crippen molar-refractivity contribution in [1.82, 2.24) is 5.32 Å². The predicted octanol–water partition coefficient (Wildman–Crippen LogP) is 0.372. The maximum atomic E-state index is 8.93. The van der Waals surface area contributed by atoms with E-state index < -0.39 is 0 Å². The van der Waals surface area contributed by atoms with Gasteiger partial charge in [-0.15, -0.1) is 12.3 Å². The summed E-state index contributed by atoms with van der Waals surface area (Å²) in [6, 6.07) is 0. The highest BCUT2D eigenvalue weighted by Crippen LogP contribution is 2.44. The molecule has 11 heavy (non-hydrogen) atoms. The number of hydrogen-bond donors (Lipinski definition) is 2. The first-order chi connectivity index (χ1) is 5.33. The molecule has 2 nitrogen and oxygen atoms in total. The van der Waals surface area contributed by atoms with Crippen LogP contribution in [0.3, 0.4) is 0 Å². The molecule has 2 N–H and O–H groups in total. The topological polar surface area (TPSA) is 32.3 Å². The number of nitrogens with one attached hydrogen (secondary N) is 1. The van der Waals surface area contributed by atoms with Crippen molar-refractivity contribution in [2.75, 3.05) is 19.7 Å². The molecule has 0 amide bonds. The number of hydrogen-bond acceptors (Lipinski definition) is 2. The lowest BCUT2D eigenvalue weighted by atomic mass is 10.1. The van der Waals surface area contributed by atoms with Crippen LogP contribution in [0.4, 0.5) is 0 Å². The number of terminal acetylenes is 1. The molecule has 0 spiro atoms. The molecule has 1 rings (SSSR count). The largest absolute Gasteiger partial charge is 0.396 e. The highest BCUT2D eigenvalue weighted by molar-refractivity contribution is 4.94. The molecule has 0 aromatic rings. The quantitative estimate of drug-likeness (QED) is 0.442. The lowest BCUT2D eigenvalue weighted by Crippen LogP contribution is -2.27. The third-order valence-electron chi connectivity index (χ3n) is 2.24. The molecule has 2 heteroatoms. The fourth-order valence-electron chi connectivity index (χ4n) is 1.08. The van der Waals surface area contributed by atoms with Crippen molar-refractivity contribution in [3.63, 3.8) is 0 Å². The molecule has 0 unspecified atom stereocenters. The van der Waals surface area contributed by atoms with Gasteiger partial charge in [0.1, 0.15) is 0 Å². The molecule has 0 heterocycles. The summed E-state index contributed by atoms with van der Waals surface area (Å²) < 4.78 is 0. The standard InChI is InChI=1S/C9H15NO/c1-2-3-6-10-7-9(8-11)4-5-9/h1,10-11H,3-8H2. The normalized spacial score (nSPS) is 19.3. The van der Waals surface area contributed by atoms with Crippen LogP contribution in [0.1, 0.15) is 19.3 Å². The Hall–Kier alpha value is -0.520. The second-order valence-corrected chi connectivity index (χ2v) is 3.29. The van der Waals surface area contributed by atoms with Crippen molar-refractivity contribution in [2.45, 2.75) is 19.3 Å². The summed E-state index contributed by atoms with van der Waals surface area (Å²) in [7, 11) is 0. The van der Waals surface area contributed by atoms with Crippen molar-refractivity contribution >= 4 is 0 Å². The first-order valence-corrected chi connectivity index (χ1v) is 4.08. The molecule has 0 saturated heterocycles. The van der Waals surface area contributed by atoms with Gasteiger partial charge in [-0.3, -0.25) is 0 Å². The molecule has 0 radical (unpaired) electrons. The van der Waals surface area contributed by atoms with Crippen LogP contribution < -0.4 is 5.32 Å². The Labute approximate surface area is 68.0 Å². The zero-order valence-corrected chi connectivity index (χ0v) is 6.77. The summed E-state index contributed by atoms with van der Waals surface area (Å²) >= 11 is 0. The highest BCUT2D eigenvalue weighted by Gasteiger charge is 2.41. The van der Waals surface area contributed by atoms with Crippen molar-refractivity contribution in [3.05, 3.63) is 0 Å². The highest BCUT2D eigenvalue weighted by atomic mass is 16.3. The average molecular weight is 153 g/mol. The molecule has 1 saturated carbocycles. The maximum Gasteiger partial charge on any atom is 0.0499 e. The van der Waals surface area contributed by atoms with Gasteiger partial charge in [-0.25, -0.2) is 0 Å². The third kappa shape index (κ3) is 2.53. The molecule has 0 aromatic heterocycles. The van der Waals surface area contributed by atoms with Crippen LogP contribution in [-0.2, 0) is 0 Å². The molecular formula is C9H15NO. The first kappa shape index (κ1) is 8.58. The fourth-order valence-corrected chi connectivity index (χ4v) is 1.08. The molecule has 0 aliphatic heterocycles. The van der Waals surface area contributed by atoms with E-state index in [0.29, 0.717) is 6.61 Å². The predicted molar refractivity (Wildman–Crippen MR) is 45.1 cm³/mol. The summed E-state index contributed by atoms with van der Waals surface area (Å²) in [5, 5.41) is 12.2. The average Bonchev–Trinajstić information content (AvgIpc) is 2.80. The number of rotatable bonds is 5. The molecule has 1 aliphatic rings. The summed E-state index contributed by atoms with van der Waals surface area (Å²) in [4.78, 5) is 0. The van der Waals surface area contributed by atoms with E-state index in [1.54, 1.807) is 0 Å². The van der Waals surface area contributed by atoms with Crippen molar-refractivity contribution in [2.24, 2.45) is 5.41 Å². The minimum absolute atomic E-state index is 0.217. The van der Waals surface area contributed by atoms with Crippen LogP contribution in [-0.4, -0.2) is 24.8 Å². The van der Waals surface area contributed by atoms with Crippen molar-refractivity contribution < 1.29 is 5.11 Å². The van der Waals surface area contributed by atoms with E-state index in [2.05, 4.69) is 11.2 Å². The SMILES string of the molecule is C#CCCNCC1(CO)CC1. The third-order valence-corrected chi connectivity index (χ3v) is 2.24. The van der Waals surface area contributed by atoms with E-state index in [1.165, 1.54) is 0 Å². The summed E-state index contributed by atoms with van der Waals surface area (Å²) in [6.45, 7) is 2.11. The molecule has 0 bridgehead atoms. The monoisotopic (exact) mass is 153 g/mol. The van der Waals surface area contributed by atoms with Crippen LogP contribution in [0.5, 0.6) is 0 Å². The fraction of sp³-hybridized carbons (Fsp3) is 0.778. The van der Waals surface area contributed by atoms with E-state index in [9.17, 15) is 0 Å². The van der Waals surface area contributed by atoms with Crippen LogP contribution in [0.2, 0.25) is 0 Å². The van der Waals surface area contributed by atoms with E-state index in [0.717, 1.165) is 32.4 Å². The van der Waals surface area contributed by atoms with Crippen molar-refractivity contribution in [3.8, 4) is 12.3 Å². The molecule has 1 fully saturated rings. The van der Waals surface area contributed by atoms with Crippen LogP contribution in [0, 0.1) is 17.8 Å². The lowest BCUT2D eigenvalue weighted by molar-refractivity contribution is 0.208. The molecule has 0 aromatic carbocycles. The maximum absolute atomic E-state index is 8.93. The lowest BCUT2D eigenvalue weighted by Gasteiger charge is -2.11. The van der Waals surface area contributed by atoms with Gasteiger partial charge in [-0.05, 0) is 12.8 Å². The van der Waals surface area contributed by atoms with Gasteiger partial charge in [0.25, 0.3) is 0 Å². The van der Waals surface area contributed by atoms with Gasteiger partial charge in [0.15, 0.2) is 0 Å². The summed E-state index contributed by atoms with van der Waals surface area (Å²) in [6.07, 6.45) is 8.18. The molecule has 0 atom stereocenters. The Morgan fingerprint density at radius 2 is 2.27 bits per heavy atom. The second-order valence-electron chi connectivity index (χ2n) is 3.29. The van der Waals surface area contributed by atoms with E-state index in [4.69, 9.17) is 11.5 Å².